The Bertz CT molecular complexity index is 450. The van der Waals surface area contributed by atoms with Crippen molar-refractivity contribution in [3.05, 3.63) is 71.5 Å². The molecule has 17 heavy (non-hydrogen) atoms. The van der Waals surface area contributed by atoms with Crippen LogP contribution in [0.4, 0.5) is 4.39 Å². The maximum atomic E-state index is 12.7. The molecule has 0 aromatic heterocycles. The Hall–Kier alpha value is -1.67. The molecule has 0 radical (unpaired) electrons. The molecule has 2 aromatic rings. The van der Waals surface area contributed by atoms with Crippen molar-refractivity contribution in [1.82, 2.24) is 0 Å². The van der Waals surface area contributed by atoms with E-state index in [9.17, 15) is 9.50 Å². The minimum absolute atomic E-state index is 0.274. The Morgan fingerprint density at radius 1 is 0.941 bits per heavy atom. The van der Waals surface area contributed by atoms with Crippen LogP contribution in [0.3, 0.4) is 0 Å². The van der Waals surface area contributed by atoms with Gasteiger partial charge in [0.15, 0.2) is 0 Å². The third-order valence-corrected chi connectivity index (χ3v) is 2.80. The van der Waals surface area contributed by atoms with Gasteiger partial charge >= 0.3 is 0 Å². The Morgan fingerprint density at radius 3 is 2.24 bits per heavy atom. The topological polar surface area (TPSA) is 20.2 Å². The molecular formula is C15H15FO. The average molecular weight is 230 g/mol. The Kier molecular flexibility index (Phi) is 3.89. The van der Waals surface area contributed by atoms with E-state index in [1.807, 2.05) is 30.3 Å². The van der Waals surface area contributed by atoms with Crippen molar-refractivity contribution in [2.24, 2.45) is 0 Å². The van der Waals surface area contributed by atoms with Crippen molar-refractivity contribution >= 4 is 0 Å². The van der Waals surface area contributed by atoms with Crippen molar-refractivity contribution in [2.75, 3.05) is 0 Å². The summed E-state index contributed by atoms with van der Waals surface area (Å²) in [6.45, 7) is 0. The molecule has 0 amide bonds. The first-order chi connectivity index (χ1) is 8.25. The largest absolute Gasteiger partial charge is 0.388 e. The van der Waals surface area contributed by atoms with Crippen molar-refractivity contribution in [1.29, 1.82) is 0 Å². The van der Waals surface area contributed by atoms with Crippen LogP contribution in [0, 0.1) is 5.82 Å². The third kappa shape index (κ3) is 3.40. The van der Waals surface area contributed by atoms with Crippen molar-refractivity contribution in [2.45, 2.75) is 18.9 Å². The number of hydrogen-bond acceptors (Lipinski definition) is 1. The first-order valence-electron chi connectivity index (χ1n) is 5.73. The maximum absolute atomic E-state index is 12.7. The summed E-state index contributed by atoms with van der Waals surface area (Å²) in [5.74, 6) is -0.274. The molecule has 0 saturated heterocycles. The van der Waals surface area contributed by atoms with Gasteiger partial charge in [0, 0.05) is 0 Å². The highest BCUT2D eigenvalue weighted by atomic mass is 19.1. The van der Waals surface area contributed by atoms with E-state index in [2.05, 4.69) is 0 Å². The normalized spacial score (nSPS) is 12.4. The Morgan fingerprint density at radius 2 is 1.59 bits per heavy atom. The lowest BCUT2D eigenvalue weighted by Gasteiger charge is -2.10. The number of hydrogen-bond donors (Lipinski definition) is 1. The van der Waals surface area contributed by atoms with E-state index in [4.69, 9.17) is 0 Å². The number of aryl methyl sites for hydroxylation is 1. The summed E-state index contributed by atoms with van der Waals surface area (Å²) in [6.07, 6.45) is 0.936. The van der Waals surface area contributed by atoms with Gasteiger partial charge in [-0.05, 0) is 36.1 Å². The monoisotopic (exact) mass is 230 g/mol. The minimum atomic E-state index is -0.532. The summed E-state index contributed by atoms with van der Waals surface area (Å²) in [7, 11) is 0. The fourth-order valence-electron chi connectivity index (χ4n) is 1.80. The van der Waals surface area contributed by atoms with Crippen LogP contribution in [0.1, 0.15) is 23.7 Å². The molecule has 0 aliphatic rings. The minimum Gasteiger partial charge on any atom is -0.388 e. The third-order valence-electron chi connectivity index (χ3n) is 2.80. The molecule has 88 valence electrons. The number of rotatable bonds is 4. The van der Waals surface area contributed by atoms with Gasteiger partial charge in [0.05, 0.1) is 6.10 Å². The fourth-order valence-corrected chi connectivity index (χ4v) is 1.80. The van der Waals surface area contributed by atoms with Gasteiger partial charge in [-0.1, -0.05) is 42.5 Å². The SMILES string of the molecule is O[C@H](CCc1ccccc1)c1ccc(F)cc1. The first-order valence-corrected chi connectivity index (χ1v) is 5.73. The summed E-state index contributed by atoms with van der Waals surface area (Å²) >= 11 is 0. The standard InChI is InChI=1S/C15H15FO/c16-14-9-7-13(8-10-14)15(17)11-6-12-4-2-1-3-5-12/h1-5,7-10,15,17H,6,11H2/t15-/m1/s1. The van der Waals surface area contributed by atoms with Gasteiger partial charge in [0.2, 0.25) is 0 Å². The van der Waals surface area contributed by atoms with Gasteiger partial charge in [0.1, 0.15) is 5.82 Å². The quantitative estimate of drug-likeness (QED) is 0.852. The van der Waals surface area contributed by atoms with Crippen LogP contribution in [-0.4, -0.2) is 5.11 Å². The van der Waals surface area contributed by atoms with Gasteiger partial charge in [-0.2, -0.15) is 0 Å². The van der Waals surface area contributed by atoms with E-state index < -0.39 is 6.10 Å². The van der Waals surface area contributed by atoms with E-state index in [-0.39, 0.29) is 5.82 Å². The lowest BCUT2D eigenvalue weighted by atomic mass is 10.0. The van der Waals surface area contributed by atoms with E-state index in [1.165, 1.54) is 17.7 Å². The zero-order valence-electron chi connectivity index (χ0n) is 9.51. The predicted molar refractivity (Wildman–Crippen MR) is 66.1 cm³/mol. The lowest BCUT2D eigenvalue weighted by Crippen LogP contribution is -1.99. The van der Waals surface area contributed by atoms with Crippen LogP contribution in [-0.2, 0) is 6.42 Å². The van der Waals surface area contributed by atoms with Gasteiger partial charge < -0.3 is 5.11 Å². The number of halogens is 1. The number of aliphatic hydroxyl groups excluding tert-OH is 1. The van der Waals surface area contributed by atoms with Gasteiger partial charge in [-0.15, -0.1) is 0 Å². The summed E-state index contributed by atoms with van der Waals surface area (Å²) < 4.78 is 12.7. The van der Waals surface area contributed by atoms with Crippen LogP contribution >= 0.6 is 0 Å². The molecule has 0 fully saturated rings. The molecule has 2 rings (SSSR count). The van der Waals surface area contributed by atoms with Crippen LogP contribution in [0.5, 0.6) is 0 Å². The van der Waals surface area contributed by atoms with Crippen LogP contribution in [0.15, 0.2) is 54.6 Å². The smallest absolute Gasteiger partial charge is 0.123 e. The molecule has 1 nitrogen and oxygen atoms in total. The van der Waals surface area contributed by atoms with E-state index in [1.54, 1.807) is 12.1 Å². The molecule has 0 aliphatic carbocycles. The first kappa shape index (κ1) is 11.8. The molecule has 1 atom stereocenters. The summed E-state index contributed by atoms with van der Waals surface area (Å²) in [5.41, 5.74) is 1.97. The summed E-state index contributed by atoms with van der Waals surface area (Å²) in [5, 5.41) is 9.95. The van der Waals surface area contributed by atoms with Crippen LogP contribution < -0.4 is 0 Å². The van der Waals surface area contributed by atoms with E-state index in [0.29, 0.717) is 6.42 Å². The van der Waals surface area contributed by atoms with Crippen LogP contribution in [0.2, 0.25) is 0 Å². The molecule has 0 heterocycles. The number of aliphatic hydroxyl groups is 1. The molecule has 2 heteroatoms. The van der Waals surface area contributed by atoms with Crippen LogP contribution in [0.25, 0.3) is 0 Å². The Labute approximate surface area is 101 Å². The van der Waals surface area contributed by atoms with E-state index >= 15 is 0 Å². The van der Waals surface area contributed by atoms with Crippen molar-refractivity contribution in [3.63, 3.8) is 0 Å². The Balaban J connectivity index is 1.93. The zero-order chi connectivity index (χ0) is 12.1. The van der Waals surface area contributed by atoms with E-state index in [0.717, 1.165) is 12.0 Å². The second-order valence-electron chi connectivity index (χ2n) is 4.09. The van der Waals surface area contributed by atoms with Gasteiger partial charge in [-0.25, -0.2) is 4.39 Å². The summed E-state index contributed by atoms with van der Waals surface area (Å²) in [6, 6.07) is 16.0. The highest BCUT2D eigenvalue weighted by molar-refractivity contribution is 5.20. The van der Waals surface area contributed by atoms with Gasteiger partial charge in [-0.3, -0.25) is 0 Å². The van der Waals surface area contributed by atoms with Crippen molar-refractivity contribution < 1.29 is 9.50 Å². The lowest BCUT2D eigenvalue weighted by molar-refractivity contribution is 0.168. The molecule has 0 saturated carbocycles. The molecular weight excluding hydrogens is 215 g/mol. The number of benzene rings is 2. The summed E-state index contributed by atoms with van der Waals surface area (Å²) in [4.78, 5) is 0. The highest BCUT2D eigenvalue weighted by Gasteiger charge is 2.07. The van der Waals surface area contributed by atoms with Crippen molar-refractivity contribution in [3.8, 4) is 0 Å². The predicted octanol–water partition coefficient (Wildman–Crippen LogP) is 3.49. The maximum Gasteiger partial charge on any atom is 0.123 e. The molecule has 0 bridgehead atoms. The molecule has 0 unspecified atom stereocenters. The second kappa shape index (κ2) is 5.60. The van der Waals surface area contributed by atoms with Gasteiger partial charge in [0.25, 0.3) is 0 Å². The highest BCUT2D eigenvalue weighted by Crippen LogP contribution is 2.19. The second-order valence-corrected chi connectivity index (χ2v) is 4.09. The fraction of sp³-hybridized carbons (Fsp3) is 0.200. The average Bonchev–Trinajstić information content (AvgIpc) is 2.38. The molecule has 0 aliphatic heterocycles. The zero-order valence-corrected chi connectivity index (χ0v) is 9.51. The molecule has 1 N–H and O–H groups in total. The molecule has 0 spiro atoms. The molecule has 2 aromatic carbocycles.